The monoisotopic (exact) mass is 385 g/mol. The topological polar surface area (TPSA) is 22.1 Å². The molecule has 2 nitrogen and oxygen atoms in total. The van der Waals surface area contributed by atoms with Crippen LogP contribution >= 0.6 is 38.5 Å². The number of nitrogens with zero attached hydrogens (tertiary/aromatic N) is 1. The maximum atomic E-state index is 12.9. The van der Waals surface area contributed by atoms with Gasteiger partial charge in [-0.2, -0.15) is 0 Å². The van der Waals surface area contributed by atoms with Crippen molar-refractivity contribution in [1.82, 2.24) is 4.98 Å². The Labute approximate surface area is 97.9 Å². The molecular formula is C6HBrF4INO. The Balaban J connectivity index is 3.09. The summed E-state index contributed by atoms with van der Waals surface area (Å²) in [6.07, 6.45) is -4.88. The van der Waals surface area contributed by atoms with Gasteiger partial charge in [0.2, 0.25) is 5.88 Å². The van der Waals surface area contributed by atoms with Crippen molar-refractivity contribution >= 4 is 38.5 Å². The summed E-state index contributed by atoms with van der Waals surface area (Å²) in [6.45, 7) is 0. The van der Waals surface area contributed by atoms with Crippen LogP contribution in [0.15, 0.2) is 10.5 Å². The van der Waals surface area contributed by atoms with E-state index >= 15 is 0 Å². The third-order valence-corrected chi connectivity index (χ3v) is 2.33. The number of alkyl halides is 3. The SMILES string of the molecule is Fc1cc(I)nc(OC(F)(F)F)c1Br. The van der Waals surface area contributed by atoms with Crippen LogP contribution in [0.1, 0.15) is 0 Å². The van der Waals surface area contributed by atoms with Crippen LogP contribution in [0.2, 0.25) is 0 Å². The lowest BCUT2D eigenvalue weighted by atomic mass is 10.5. The highest BCUT2D eigenvalue weighted by Gasteiger charge is 2.33. The minimum Gasteiger partial charge on any atom is -0.386 e. The smallest absolute Gasteiger partial charge is 0.386 e. The first kappa shape index (κ1) is 12.0. The molecule has 78 valence electrons. The molecule has 1 heterocycles. The van der Waals surface area contributed by atoms with Crippen molar-refractivity contribution in [3.63, 3.8) is 0 Å². The van der Waals surface area contributed by atoms with Crippen molar-refractivity contribution in [3.05, 3.63) is 20.1 Å². The molecule has 0 aliphatic heterocycles. The van der Waals surface area contributed by atoms with Crippen LogP contribution in [0.4, 0.5) is 17.6 Å². The third kappa shape index (κ3) is 3.23. The van der Waals surface area contributed by atoms with Crippen molar-refractivity contribution in [3.8, 4) is 5.88 Å². The van der Waals surface area contributed by atoms with Crippen LogP contribution in [0.5, 0.6) is 5.88 Å². The Bertz CT molecular complexity index is 356. The van der Waals surface area contributed by atoms with E-state index in [1.807, 2.05) is 0 Å². The molecule has 14 heavy (non-hydrogen) atoms. The fourth-order valence-corrected chi connectivity index (χ4v) is 1.40. The van der Waals surface area contributed by atoms with E-state index in [0.717, 1.165) is 6.07 Å². The second kappa shape index (κ2) is 4.17. The van der Waals surface area contributed by atoms with Gasteiger partial charge >= 0.3 is 6.36 Å². The zero-order chi connectivity index (χ0) is 10.9. The van der Waals surface area contributed by atoms with E-state index in [1.54, 1.807) is 22.6 Å². The molecule has 0 amide bonds. The molecule has 0 spiro atoms. The van der Waals surface area contributed by atoms with Gasteiger partial charge in [0.05, 0.1) is 0 Å². The highest BCUT2D eigenvalue weighted by Crippen LogP contribution is 2.31. The Hall–Kier alpha value is -0.120. The van der Waals surface area contributed by atoms with E-state index in [2.05, 4.69) is 25.7 Å². The number of pyridine rings is 1. The first-order valence-corrected chi connectivity index (χ1v) is 4.94. The van der Waals surface area contributed by atoms with Crippen molar-refractivity contribution in [2.45, 2.75) is 6.36 Å². The van der Waals surface area contributed by atoms with Crippen molar-refractivity contribution < 1.29 is 22.3 Å². The third-order valence-electron chi connectivity index (χ3n) is 1.06. The lowest BCUT2D eigenvalue weighted by Crippen LogP contribution is -2.18. The van der Waals surface area contributed by atoms with E-state index in [4.69, 9.17) is 0 Å². The summed E-state index contributed by atoms with van der Waals surface area (Å²) >= 11 is 4.18. The van der Waals surface area contributed by atoms with Gasteiger partial charge in [0.1, 0.15) is 14.0 Å². The predicted octanol–water partition coefficient (Wildman–Crippen LogP) is 3.49. The molecule has 1 aromatic heterocycles. The van der Waals surface area contributed by atoms with E-state index in [-0.39, 0.29) is 3.70 Å². The number of aromatic nitrogens is 1. The number of hydrogen-bond acceptors (Lipinski definition) is 2. The van der Waals surface area contributed by atoms with E-state index < -0.39 is 22.5 Å². The maximum absolute atomic E-state index is 12.9. The van der Waals surface area contributed by atoms with Gasteiger partial charge in [0, 0.05) is 6.07 Å². The van der Waals surface area contributed by atoms with Crippen LogP contribution in [0.25, 0.3) is 0 Å². The molecule has 0 aliphatic carbocycles. The number of rotatable bonds is 1. The minimum atomic E-state index is -4.88. The number of hydrogen-bond donors (Lipinski definition) is 0. The average molecular weight is 386 g/mol. The molecule has 0 atom stereocenters. The van der Waals surface area contributed by atoms with E-state index in [9.17, 15) is 17.6 Å². The fourth-order valence-electron chi connectivity index (χ4n) is 0.626. The number of halogens is 6. The van der Waals surface area contributed by atoms with Gasteiger partial charge in [-0.05, 0) is 38.5 Å². The molecule has 1 rings (SSSR count). The molecule has 0 saturated heterocycles. The molecule has 0 unspecified atom stereocenters. The summed E-state index contributed by atoms with van der Waals surface area (Å²) < 4.78 is 51.3. The lowest BCUT2D eigenvalue weighted by molar-refractivity contribution is -0.276. The van der Waals surface area contributed by atoms with Gasteiger partial charge in [-0.25, -0.2) is 9.37 Å². The molecule has 0 N–H and O–H groups in total. The molecule has 0 bridgehead atoms. The van der Waals surface area contributed by atoms with Gasteiger partial charge < -0.3 is 4.74 Å². The van der Waals surface area contributed by atoms with Crippen LogP contribution < -0.4 is 4.74 Å². The van der Waals surface area contributed by atoms with Crippen molar-refractivity contribution in [1.29, 1.82) is 0 Å². The maximum Gasteiger partial charge on any atom is 0.574 e. The predicted molar refractivity (Wildman–Crippen MR) is 51.3 cm³/mol. The Morgan fingerprint density at radius 2 is 2.00 bits per heavy atom. The van der Waals surface area contributed by atoms with Gasteiger partial charge in [-0.1, -0.05) is 0 Å². The van der Waals surface area contributed by atoms with E-state index in [0.29, 0.717) is 0 Å². The summed E-state index contributed by atoms with van der Waals surface area (Å²) in [5, 5.41) is 0. The summed E-state index contributed by atoms with van der Waals surface area (Å²) in [5.74, 6) is -1.69. The normalized spacial score (nSPS) is 11.6. The van der Waals surface area contributed by atoms with E-state index in [1.165, 1.54) is 0 Å². The minimum absolute atomic E-state index is 0.0718. The molecule has 0 fully saturated rings. The van der Waals surface area contributed by atoms with Gasteiger partial charge in [-0.15, -0.1) is 13.2 Å². The summed E-state index contributed by atoms with van der Waals surface area (Å²) in [7, 11) is 0. The van der Waals surface area contributed by atoms with Crippen molar-refractivity contribution in [2.24, 2.45) is 0 Å². The standard InChI is InChI=1S/C6HBrF4INO/c7-4-2(8)1-3(12)13-5(4)14-6(9,10)11/h1H. The number of ether oxygens (including phenoxy) is 1. The molecule has 0 aromatic carbocycles. The highest BCUT2D eigenvalue weighted by molar-refractivity contribution is 14.1. The second-order valence-corrected chi connectivity index (χ2v) is 3.99. The summed E-state index contributed by atoms with van der Waals surface area (Å²) in [6, 6.07) is 0.980. The van der Waals surface area contributed by atoms with Gasteiger partial charge in [0.25, 0.3) is 0 Å². The highest BCUT2D eigenvalue weighted by atomic mass is 127. The quantitative estimate of drug-likeness (QED) is 0.419. The Morgan fingerprint density at radius 1 is 1.43 bits per heavy atom. The lowest BCUT2D eigenvalue weighted by Gasteiger charge is -2.09. The first-order chi connectivity index (χ1) is 6.29. The Kier molecular flexibility index (Phi) is 3.56. The van der Waals surface area contributed by atoms with Crippen LogP contribution in [-0.2, 0) is 0 Å². The largest absolute Gasteiger partial charge is 0.574 e. The Morgan fingerprint density at radius 3 is 2.50 bits per heavy atom. The zero-order valence-corrected chi connectivity index (χ0v) is 9.94. The molecular weight excluding hydrogens is 385 g/mol. The summed E-state index contributed by atoms with van der Waals surface area (Å²) in [4.78, 5) is 3.38. The fraction of sp³-hybridized carbons (Fsp3) is 0.167. The molecule has 0 aliphatic rings. The van der Waals surface area contributed by atoms with Gasteiger partial charge in [0.15, 0.2) is 0 Å². The van der Waals surface area contributed by atoms with Crippen LogP contribution in [-0.4, -0.2) is 11.3 Å². The van der Waals surface area contributed by atoms with Crippen molar-refractivity contribution in [2.75, 3.05) is 0 Å². The average Bonchev–Trinajstić information content (AvgIpc) is 1.96. The molecule has 0 saturated carbocycles. The zero-order valence-electron chi connectivity index (χ0n) is 6.20. The molecule has 0 radical (unpaired) electrons. The first-order valence-electron chi connectivity index (χ1n) is 3.07. The second-order valence-electron chi connectivity index (χ2n) is 2.09. The van der Waals surface area contributed by atoms with Crippen LogP contribution in [0, 0.1) is 9.52 Å². The summed E-state index contributed by atoms with van der Waals surface area (Å²) in [5.41, 5.74) is 0. The van der Waals surface area contributed by atoms with Gasteiger partial charge in [-0.3, -0.25) is 0 Å². The van der Waals surface area contributed by atoms with Crippen LogP contribution in [0.3, 0.4) is 0 Å². The molecule has 1 aromatic rings. The molecule has 8 heteroatoms.